The molecule has 2 amide bonds. The van der Waals surface area contributed by atoms with E-state index in [1.165, 1.54) is 0 Å². The van der Waals surface area contributed by atoms with E-state index >= 15 is 0 Å². The average Bonchev–Trinajstić information content (AvgIpc) is 1.98. The maximum absolute atomic E-state index is 10.5. The largest absolute Gasteiger partial charge is 0.282 e. The second-order valence-corrected chi connectivity index (χ2v) is 2.25. The van der Waals surface area contributed by atoms with Crippen molar-refractivity contribution in [2.24, 2.45) is 0 Å². The molecule has 0 spiro atoms. The Balaban J connectivity index is 2.95. The smallest absolute Gasteiger partial charge is 0.268 e. The molecule has 5 heteroatoms. The lowest BCUT2D eigenvalue weighted by Crippen LogP contribution is -2.19. The molecule has 0 radical (unpaired) electrons. The van der Waals surface area contributed by atoms with Crippen LogP contribution in [-0.4, -0.2) is 16.1 Å². The summed E-state index contributed by atoms with van der Waals surface area (Å²) in [5.41, 5.74) is 0. The average molecular weight is 164 g/mol. The summed E-state index contributed by atoms with van der Waals surface area (Å²) in [5, 5.41) is -0.0880. The predicted molar refractivity (Wildman–Crippen MR) is 34.8 cm³/mol. The van der Waals surface area contributed by atoms with Crippen LogP contribution in [0.3, 0.4) is 0 Å². The topological polar surface area (TPSA) is 37.4 Å². The first-order valence-corrected chi connectivity index (χ1v) is 2.85. The van der Waals surface area contributed by atoms with Crippen LogP contribution in [-0.2, 0) is 9.59 Å². The van der Waals surface area contributed by atoms with Crippen molar-refractivity contribution in [3.8, 4) is 0 Å². The van der Waals surface area contributed by atoms with Crippen molar-refractivity contribution in [1.82, 2.24) is 4.31 Å². The van der Waals surface area contributed by atoms with Gasteiger partial charge in [-0.3, -0.25) is 9.59 Å². The summed E-state index contributed by atoms with van der Waals surface area (Å²) in [6.07, 6.45) is 1.02. The Bertz CT molecular complexity index is 213. The minimum Gasteiger partial charge on any atom is -0.268 e. The molecule has 1 aliphatic rings. The van der Waals surface area contributed by atoms with Gasteiger partial charge in [-0.2, -0.15) is 0 Å². The fourth-order valence-corrected chi connectivity index (χ4v) is 0.835. The van der Waals surface area contributed by atoms with E-state index in [2.05, 4.69) is 12.8 Å². The van der Waals surface area contributed by atoms with E-state index in [0.717, 1.165) is 6.08 Å². The van der Waals surface area contributed by atoms with Crippen LogP contribution >= 0.6 is 24.4 Å². The highest BCUT2D eigenvalue weighted by Gasteiger charge is 2.26. The first-order chi connectivity index (χ1) is 4.13. The molecule has 0 unspecified atom stereocenters. The standard InChI is InChI=1S/C4H2ClNO2S/c5-2-1-3(7)6(9)4(2)8/h1,9H. The zero-order valence-corrected chi connectivity index (χ0v) is 5.82. The number of hydrogen-bond acceptors (Lipinski definition) is 3. The number of carbonyl (C=O) groups excluding carboxylic acids is 2. The monoisotopic (exact) mass is 163 g/mol. The lowest BCUT2D eigenvalue weighted by Gasteiger charge is -2.00. The molecule has 3 nitrogen and oxygen atoms in total. The summed E-state index contributed by atoms with van der Waals surface area (Å²) < 4.78 is 0.655. The Kier molecular flexibility index (Phi) is 1.50. The maximum atomic E-state index is 10.5. The van der Waals surface area contributed by atoms with Gasteiger partial charge in [-0.1, -0.05) is 24.4 Å². The van der Waals surface area contributed by atoms with E-state index in [0.29, 0.717) is 4.31 Å². The van der Waals surface area contributed by atoms with Crippen LogP contribution in [0.25, 0.3) is 0 Å². The number of amides is 2. The van der Waals surface area contributed by atoms with Gasteiger partial charge in [0.2, 0.25) is 0 Å². The van der Waals surface area contributed by atoms with Gasteiger partial charge in [0.15, 0.2) is 0 Å². The summed E-state index contributed by atoms with van der Waals surface area (Å²) in [5.74, 6) is -1.06. The molecule has 1 rings (SSSR count). The van der Waals surface area contributed by atoms with Crippen molar-refractivity contribution in [2.75, 3.05) is 0 Å². The van der Waals surface area contributed by atoms with Crippen molar-refractivity contribution in [2.45, 2.75) is 0 Å². The summed E-state index contributed by atoms with van der Waals surface area (Å²) in [7, 11) is 0. The van der Waals surface area contributed by atoms with Gasteiger partial charge in [-0.15, -0.1) is 0 Å². The van der Waals surface area contributed by atoms with Crippen molar-refractivity contribution >= 4 is 36.2 Å². The maximum Gasteiger partial charge on any atom is 0.282 e. The molecular weight excluding hydrogens is 162 g/mol. The highest BCUT2D eigenvalue weighted by molar-refractivity contribution is 7.79. The molecule has 0 atom stereocenters. The molecule has 0 saturated heterocycles. The quantitative estimate of drug-likeness (QED) is 0.413. The number of halogens is 1. The van der Waals surface area contributed by atoms with Crippen LogP contribution in [0, 0.1) is 0 Å². The van der Waals surface area contributed by atoms with Crippen LogP contribution in [0.15, 0.2) is 11.1 Å². The fourth-order valence-electron chi connectivity index (χ4n) is 0.433. The normalized spacial score (nSPS) is 18.9. The Hall–Kier alpha value is -0.480. The SMILES string of the molecule is O=C1C=C(Cl)C(=O)N1S. The summed E-state index contributed by atoms with van der Waals surface area (Å²) in [4.78, 5) is 21.0. The molecule has 0 fully saturated rings. The molecule has 9 heavy (non-hydrogen) atoms. The number of imide groups is 1. The van der Waals surface area contributed by atoms with E-state index in [9.17, 15) is 9.59 Å². The molecule has 1 aliphatic heterocycles. The van der Waals surface area contributed by atoms with Gasteiger partial charge in [-0.05, 0) is 0 Å². The molecule has 1 heterocycles. The molecule has 0 aromatic heterocycles. The van der Waals surface area contributed by atoms with Gasteiger partial charge in [0.25, 0.3) is 11.8 Å². The van der Waals surface area contributed by atoms with Crippen molar-refractivity contribution in [1.29, 1.82) is 0 Å². The molecule has 0 aromatic carbocycles. The van der Waals surface area contributed by atoms with Crippen LogP contribution < -0.4 is 0 Å². The van der Waals surface area contributed by atoms with Crippen molar-refractivity contribution < 1.29 is 9.59 Å². The van der Waals surface area contributed by atoms with Crippen LogP contribution in [0.4, 0.5) is 0 Å². The first-order valence-electron chi connectivity index (χ1n) is 2.07. The Morgan fingerprint density at radius 3 is 2.22 bits per heavy atom. The fraction of sp³-hybridized carbons (Fsp3) is 0. The van der Waals surface area contributed by atoms with Gasteiger partial charge in [0.05, 0.1) is 0 Å². The molecule has 0 aromatic rings. The van der Waals surface area contributed by atoms with Crippen molar-refractivity contribution in [3.05, 3.63) is 11.1 Å². The minimum atomic E-state index is -0.565. The van der Waals surface area contributed by atoms with Crippen LogP contribution in [0.5, 0.6) is 0 Å². The van der Waals surface area contributed by atoms with E-state index in [1.807, 2.05) is 0 Å². The molecule has 0 saturated carbocycles. The van der Waals surface area contributed by atoms with E-state index < -0.39 is 11.8 Å². The number of thiol groups is 1. The lowest BCUT2D eigenvalue weighted by atomic mass is 10.6. The number of carbonyl (C=O) groups is 2. The lowest BCUT2D eigenvalue weighted by molar-refractivity contribution is -0.130. The summed E-state index contributed by atoms with van der Waals surface area (Å²) in [6.45, 7) is 0. The zero-order chi connectivity index (χ0) is 7.02. The van der Waals surface area contributed by atoms with Gasteiger partial charge in [0, 0.05) is 6.08 Å². The summed E-state index contributed by atoms with van der Waals surface area (Å²) in [6, 6.07) is 0. The third kappa shape index (κ3) is 0.951. The minimum absolute atomic E-state index is 0.0880. The highest BCUT2D eigenvalue weighted by atomic mass is 35.5. The van der Waals surface area contributed by atoms with Crippen molar-refractivity contribution in [3.63, 3.8) is 0 Å². The van der Waals surface area contributed by atoms with Gasteiger partial charge >= 0.3 is 0 Å². The molecule has 0 bridgehead atoms. The zero-order valence-electron chi connectivity index (χ0n) is 4.17. The van der Waals surface area contributed by atoms with E-state index in [1.54, 1.807) is 0 Å². The van der Waals surface area contributed by atoms with E-state index in [-0.39, 0.29) is 5.03 Å². The second kappa shape index (κ2) is 2.04. The molecule has 0 N–H and O–H groups in total. The Morgan fingerprint density at radius 1 is 1.56 bits per heavy atom. The summed E-state index contributed by atoms with van der Waals surface area (Å²) >= 11 is 8.79. The molecule has 0 aliphatic carbocycles. The third-order valence-electron chi connectivity index (χ3n) is 0.856. The van der Waals surface area contributed by atoms with E-state index in [4.69, 9.17) is 11.6 Å². The molecule has 48 valence electrons. The Morgan fingerprint density at radius 2 is 2.11 bits per heavy atom. The molecular formula is C4H2ClNO2S. The number of rotatable bonds is 0. The number of hydrogen-bond donors (Lipinski definition) is 1. The highest BCUT2D eigenvalue weighted by Crippen LogP contribution is 2.16. The predicted octanol–water partition coefficient (Wildman–Crippen LogP) is 0.323. The van der Waals surface area contributed by atoms with Crippen LogP contribution in [0.2, 0.25) is 0 Å². The van der Waals surface area contributed by atoms with Gasteiger partial charge < -0.3 is 0 Å². The van der Waals surface area contributed by atoms with Crippen LogP contribution in [0.1, 0.15) is 0 Å². The van der Waals surface area contributed by atoms with Gasteiger partial charge in [0.1, 0.15) is 5.03 Å². The van der Waals surface area contributed by atoms with Gasteiger partial charge in [-0.25, -0.2) is 4.31 Å². The Labute approximate surface area is 61.8 Å². The second-order valence-electron chi connectivity index (χ2n) is 1.45. The third-order valence-corrected chi connectivity index (χ3v) is 1.51. The number of nitrogens with zero attached hydrogens (tertiary/aromatic N) is 1. The first kappa shape index (κ1) is 6.64.